The number of aliphatic hydroxyl groups excluding tert-OH is 1. The number of rotatable bonds is 4. The van der Waals surface area contributed by atoms with Crippen LogP contribution in [0.3, 0.4) is 0 Å². The van der Waals surface area contributed by atoms with E-state index in [1.54, 1.807) is 13.2 Å². The second kappa shape index (κ2) is 5.12. The molecule has 1 atom stereocenters. The molecule has 1 aromatic carbocycles. The summed E-state index contributed by atoms with van der Waals surface area (Å²) in [6.07, 6.45) is 0. The van der Waals surface area contributed by atoms with E-state index in [2.05, 4.69) is 0 Å². The quantitative estimate of drug-likeness (QED) is 0.831. The predicted molar refractivity (Wildman–Crippen MR) is 57.6 cm³/mol. The Hall–Kier alpha value is -1.09. The number of aliphatic hydroxyl groups is 1. The van der Waals surface area contributed by atoms with Gasteiger partial charge < -0.3 is 9.84 Å². The van der Waals surface area contributed by atoms with Gasteiger partial charge in [-0.15, -0.1) is 0 Å². The molecule has 0 saturated carbocycles. The lowest BCUT2D eigenvalue weighted by Gasteiger charge is -2.21. The van der Waals surface area contributed by atoms with Gasteiger partial charge in [-0.3, -0.25) is 0 Å². The van der Waals surface area contributed by atoms with Gasteiger partial charge in [-0.1, -0.05) is 13.8 Å². The van der Waals surface area contributed by atoms with Gasteiger partial charge in [0.1, 0.15) is 11.6 Å². The molecule has 15 heavy (non-hydrogen) atoms. The number of halogens is 1. The fourth-order valence-electron chi connectivity index (χ4n) is 1.66. The molecule has 0 aliphatic heterocycles. The molecule has 0 saturated heterocycles. The van der Waals surface area contributed by atoms with Crippen LogP contribution in [0.2, 0.25) is 0 Å². The van der Waals surface area contributed by atoms with Gasteiger partial charge >= 0.3 is 0 Å². The Morgan fingerprint density at radius 2 is 2.07 bits per heavy atom. The van der Waals surface area contributed by atoms with Crippen LogP contribution in [-0.2, 0) is 0 Å². The number of methoxy groups -OCH3 is 1. The lowest BCUT2D eigenvalue weighted by atomic mass is 9.88. The summed E-state index contributed by atoms with van der Waals surface area (Å²) >= 11 is 0. The molecule has 1 rings (SSSR count). The van der Waals surface area contributed by atoms with Crippen molar-refractivity contribution in [3.8, 4) is 5.75 Å². The number of ether oxygens (including phenoxy) is 1. The van der Waals surface area contributed by atoms with Crippen molar-refractivity contribution in [3.05, 3.63) is 29.6 Å². The molecule has 0 spiro atoms. The highest BCUT2D eigenvalue weighted by Gasteiger charge is 2.19. The first-order valence-corrected chi connectivity index (χ1v) is 5.04. The molecular formula is C12H17FO2. The lowest BCUT2D eigenvalue weighted by Crippen LogP contribution is -2.12. The Morgan fingerprint density at radius 1 is 1.40 bits per heavy atom. The Balaban J connectivity index is 3.13. The van der Waals surface area contributed by atoms with Crippen LogP contribution < -0.4 is 4.74 Å². The van der Waals surface area contributed by atoms with E-state index in [1.165, 1.54) is 12.1 Å². The average Bonchev–Trinajstić information content (AvgIpc) is 2.18. The van der Waals surface area contributed by atoms with E-state index in [0.717, 1.165) is 5.56 Å². The Morgan fingerprint density at radius 3 is 2.53 bits per heavy atom. The highest BCUT2D eigenvalue weighted by atomic mass is 19.1. The summed E-state index contributed by atoms with van der Waals surface area (Å²) in [4.78, 5) is 0. The molecule has 0 aromatic heterocycles. The molecule has 0 fully saturated rings. The van der Waals surface area contributed by atoms with Crippen LogP contribution in [-0.4, -0.2) is 18.8 Å². The van der Waals surface area contributed by atoms with Gasteiger partial charge in [0.05, 0.1) is 13.7 Å². The van der Waals surface area contributed by atoms with E-state index in [0.29, 0.717) is 5.75 Å². The SMILES string of the molecule is COc1ccc(F)cc1C(CO)C(C)C. The molecule has 1 unspecified atom stereocenters. The lowest BCUT2D eigenvalue weighted by molar-refractivity contribution is 0.233. The van der Waals surface area contributed by atoms with Gasteiger partial charge in [0, 0.05) is 11.5 Å². The molecule has 0 aliphatic carbocycles. The maximum atomic E-state index is 13.1. The number of hydrogen-bond acceptors (Lipinski definition) is 2. The van der Waals surface area contributed by atoms with Gasteiger partial charge in [0.2, 0.25) is 0 Å². The van der Waals surface area contributed by atoms with Crippen LogP contribution in [0, 0.1) is 11.7 Å². The van der Waals surface area contributed by atoms with Crippen LogP contribution in [0.4, 0.5) is 4.39 Å². The molecule has 1 N–H and O–H groups in total. The minimum atomic E-state index is -0.301. The van der Waals surface area contributed by atoms with Crippen molar-refractivity contribution < 1.29 is 14.2 Å². The van der Waals surface area contributed by atoms with Gasteiger partial charge in [-0.2, -0.15) is 0 Å². The van der Waals surface area contributed by atoms with Crippen LogP contribution in [0.25, 0.3) is 0 Å². The third kappa shape index (κ3) is 2.69. The first-order valence-electron chi connectivity index (χ1n) is 5.04. The first-order chi connectivity index (χ1) is 7.10. The summed E-state index contributed by atoms with van der Waals surface area (Å²) in [5, 5.41) is 9.28. The molecule has 3 heteroatoms. The molecule has 0 aliphatic rings. The van der Waals surface area contributed by atoms with Gasteiger partial charge in [0.25, 0.3) is 0 Å². The second-order valence-electron chi connectivity index (χ2n) is 3.92. The highest BCUT2D eigenvalue weighted by Crippen LogP contribution is 2.32. The maximum absolute atomic E-state index is 13.1. The number of benzene rings is 1. The highest BCUT2D eigenvalue weighted by molar-refractivity contribution is 5.37. The molecule has 0 radical (unpaired) electrons. The fraction of sp³-hybridized carbons (Fsp3) is 0.500. The monoisotopic (exact) mass is 212 g/mol. The van der Waals surface area contributed by atoms with Crippen molar-refractivity contribution in [3.63, 3.8) is 0 Å². The Bertz CT molecular complexity index is 323. The Kier molecular flexibility index (Phi) is 4.09. The van der Waals surface area contributed by atoms with Crippen molar-refractivity contribution in [1.82, 2.24) is 0 Å². The van der Waals surface area contributed by atoms with Gasteiger partial charge in [-0.25, -0.2) is 4.39 Å². The molecule has 0 amide bonds. The molecular weight excluding hydrogens is 195 g/mol. The predicted octanol–water partition coefficient (Wildman–Crippen LogP) is 2.57. The van der Waals surface area contributed by atoms with Crippen molar-refractivity contribution >= 4 is 0 Å². The van der Waals surface area contributed by atoms with Crippen molar-refractivity contribution in [2.45, 2.75) is 19.8 Å². The summed E-state index contributed by atoms with van der Waals surface area (Å²) < 4.78 is 18.3. The van der Waals surface area contributed by atoms with Crippen molar-refractivity contribution in [1.29, 1.82) is 0 Å². The third-order valence-corrected chi connectivity index (χ3v) is 2.59. The van der Waals surface area contributed by atoms with E-state index in [4.69, 9.17) is 4.74 Å². The third-order valence-electron chi connectivity index (χ3n) is 2.59. The first kappa shape index (κ1) is 12.0. The zero-order chi connectivity index (χ0) is 11.4. The molecule has 0 bridgehead atoms. The zero-order valence-electron chi connectivity index (χ0n) is 9.33. The van der Waals surface area contributed by atoms with E-state index in [1.807, 2.05) is 13.8 Å². The maximum Gasteiger partial charge on any atom is 0.123 e. The van der Waals surface area contributed by atoms with E-state index >= 15 is 0 Å². The second-order valence-corrected chi connectivity index (χ2v) is 3.92. The normalized spacial score (nSPS) is 12.9. The summed E-state index contributed by atoms with van der Waals surface area (Å²) in [7, 11) is 1.55. The molecule has 2 nitrogen and oxygen atoms in total. The minimum absolute atomic E-state index is 0.00250. The summed E-state index contributed by atoms with van der Waals surface area (Å²) in [6, 6.07) is 4.38. The standard InChI is InChI=1S/C12H17FO2/c1-8(2)11(7-14)10-6-9(13)4-5-12(10)15-3/h4-6,8,11,14H,7H2,1-3H3. The largest absolute Gasteiger partial charge is 0.496 e. The molecule has 0 heterocycles. The summed E-state index contributed by atoms with van der Waals surface area (Å²) in [5.74, 6) is 0.482. The van der Waals surface area contributed by atoms with E-state index in [-0.39, 0.29) is 24.3 Å². The summed E-state index contributed by atoms with van der Waals surface area (Å²) in [5.41, 5.74) is 0.731. The van der Waals surface area contributed by atoms with Gasteiger partial charge in [-0.05, 0) is 24.1 Å². The van der Waals surface area contributed by atoms with Crippen molar-refractivity contribution in [2.24, 2.45) is 5.92 Å². The van der Waals surface area contributed by atoms with Crippen molar-refractivity contribution in [2.75, 3.05) is 13.7 Å². The van der Waals surface area contributed by atoms with Gasteiger partial charge in [0.15, 0.2) is 0 Å². The van der Waals surface area contributed by atoms with E-state index in [9.17, 15) is 9.50 Å². The fourth-order valence-corrected chi connectivity index (χ4v) is 1.66. The average molecular weight is 212 g/mol. The number of hydrogen-bond donors (Lipinski definition) is 1. The van der Waals surface area contributed by atoms with Crippen LogP contribution in [0.15, 0.2) is 18.2 Å². The summed E-state index contributed by atoms with van der Waals surface area (Å²) in [6.45, 7) is 3.98. The van der Waals surface area contributed by atoms with Crippen LogP contribution in [0.5, 0.6) is 5.75 Å². The van der Waals surface area contributed by atoms with Crippen LogP contribution >= 0.6 is 0 Å². The molecule has 1 aromatic rings. The smallest absolute Gasteiger partial charge is 0.123 e. The topological polar surface area (TPSA) is 29.5 Å². The minimum Gasteiger partial charge on any atom is -0.496 e. The van der Waals surface area contributed by atoms with Crippen LogP contribution in [0.1, 0.15) is 25.3 Å². The Labute approximate surface area is 89.7 Å². The zero-order valence-corrected chi connectivity index (χ0v) is 9.33. The molecule has 84 valence electrons. The van der Waals surface area contributed by atoms with E-state index < -0.39 is 0 Å².